The van der Waals surface area contributed by atoms with Crippen molar-refractivity contribution in [3.63, 3.8) is 0 Å². The summed E-state index contributed by atoms with van der Waals surface area (Å²) in [5.41, 5.74) is 1.52. The van der Waals surface area contributed by atoms with Crippen molar-refractivity contribution in [1.82, 2.24) is 5.32 Å². The molecular weight excluding hydrogens is 497 g/mol. The largest absolute Gasteiger partial charge is 0.573 e. The Morgan fingerprint density at radius 2 is 1.74 bits per heavy atom. The number of carbonyl (C=O) groups excluding carboxylic acids is 1. The molecule has 0 aliphatic heterocycles. The average molecular weight is 516 g/mol. The Morgan fingerprint density at radius 1 is 1.06 bits per heavy atom. The van der Waals surface area contributed by atoms with Crippen LogP contribution in [-0.4, -0.2) is 24.8 Å². The predicted octanol–water partition coefficient (Wildman–Crippen LogP) is 7.15. The van der Waals surface area contributed by atoms with Crippen LogP contribution in [0.1, 0.15) is 28.9 Å². The molecule has 180 valence electrons. The minimum atomic E-state index is -4.78. The van der Waals surface area contributed by atoms with E-state index in [1.165, 1.54) is 36.4 Å². The Labute approximate surface area is 203 Å². The highest BCUT2D eigenvalue weighted by molar-refractivity contribution is 6.33. The van der Waals surface area contributed by atoms with Gasteiger partial charge >= 0.3 is 6.36 Å². The van der Waals surface area contributed by atoms with E-state index in [1.807, 2.05) is 0 Å². The fourth-order valence-electron chi connectivity index (χ4n) is 3.28. The van der Waals surface area contributed by atoms with Gasteiger partial charge in [-0.05, 0) is 48.4 Å². The molecule has 1 amide bonds. The molecule has 0 saturated heterocycles. The van der Waals surface area contributed by atoms with Crippen LogP contribution in [0.2, 0.25) is 5.02 Å². The molecule has 0 radical (unpaired) electrons. The maximum Gasteiger partial charge on any atom is 0.573 e. The molecule has 3 aromatic rings. The fraction of sp³-hybridized carbons (Fsp3) is 0.208. The molecule has 0 spiro atoms. The molecule has 1 N–H and O–H groups in total. The number of amides is 1. The van der Waals surface area contributed by atoms with E-state index in [-0.39, 0.29) is 22.2 Å². The van der Waals surface area contributed by atoms with Crippen molar-refractivity contribution >= 4 is 29.1 Å². The third-order valence-electron chi connectivity index (χ3n) is 4.76. The molecule has 3 rings (SSSR count). The van der Waals surface area contributed by atoms with Crippen molar-refractivity contribution in [2.45, 2.75) is 19.3 Å². The second-order valence-electron chi connectivity index (χ2n) is 7.03. The smallest absolute Gasteiger partial charge is 0.493 e. The minimum absolute atomic E-state index is 0.0378. The van der Waals surface area contributed by atoms with Crippen molar-refractivity contribution in [2.75, 3.05) is 12.5 Å². The zero-order valence-electron chi connectivity index (χ0n) is 17.8. The van der Waals surface area contributed by atoms with Crippen LogP contribution in [-0.2, 0) is 0 Å². The monoisotopic (exact) mass is 515 g/mol. The molecule has 1 unspecified atom stereocenters. The van der Waals surface area contributed by atoms with Crippen LogP contribution in [0.4, 0.5) is 17.6 Å². The van der Waals surface area contributed by atoms with Gasteiger partial charge in [-0.3, -0.25) is 4.79 Å². The molecule has 0 saturated carbocycles. The van der Waals surface area contributed by atoms with E-state index in [0.717, 1.165) is 6.07 Å². The normalized spacial score (nSPS) is 12.2. The van der Waals surface area contributed by atoms with Crippen LogP contribution < -0.4 is 14.8 Å². The van der Waals surface area contributed by atoms with Crippen molar-refractivity contribution in [3.05, 3.63) is 82.6 Å². The highest BCUT2D eigenvalue weighted by Crippen LogP contribution is 2.33. The van der Waals surface area contributed by atoms with E-state index in [0.29, 0.717) is 29.0 Å². The summed E-state index contributed by atoms with van der Waals surface area (Å²) in [4.78, 5) is 12.7. The van der Waals surface area contributed by atoms with Gasteiger partial charge in [0.15, 0.2) is 0 Å². The lowest BCUT2D eigenvalue weighted by Gasteiger charge is -2.21. The third-order valence-corrected chi connectivity index (χ3v) is 5.38. The highest BCUT2D eigenvalue weighted by atomic mass is 35.5. The summed E-state index contributed by atoms with van der Waals surface area (Å²) in [5.74, 6) is -1.48. The third kappa shape index (κ3) is 6.33. The zero-order chi connectivity index (χ0) is 24.9. The van der Waals surface area contributed by atoms with Gasteiger partial charge in [-0.1, -0.05) is 41.9 Å². The van der Waals surface area contributed by atoms with E-state index in [4.69, 9.17) is 27.9 Å². The summed E-state index contributed by atoms with van der Waals surface area (Å²) in [6.07, 6.45) is -4.78. The van der Waals surface area contributed by atoms with Gasteiger partial charge in [-0.25, -0.2) is 4.39 Å². The van der Waals surface area contributed by atoms with Crippen molar-refractivity contribution in [3.8, 4) is 22.6 Å². The van der Waals surface area contributed by atoms with E-state index in [2.05, 4.69) is 10.1 Å². The number of alkyl halides is 4. The topological polar surface area (TPSA) is 47.6 Å². The molecule has 3 aromatic carbocycles. The SMILES string of the molecule is CCOc1cc(-c2ccc(OC(F)(F)F)cc2)ccc1C(CCl)NC(=O)c1c(F)cccc1Cl. The summed E-state index contributed by atoms with van der Waals surface area (Å²) in [5, 5.41) is 2.63. The minimum Gasteiger partial charge on any atom is -0.493 e. The zero-order valence-corrected chi connectivity index (χ0v) is 19.3. The van der Waals surface area contributed by atoms with Crippen LogP contribution in [0, 0.1) is 5.82 Å². The van der Waals surface area contributed by atoms with Crippen molar-refractivity contribution in [2.24, 2.45) is 0 Å². The summed E-state index contributed by atoms with van der Waals surface area (Å²) in [6.45, 7) is 2.07. The Balaban J connectivity index is 1.88. The lowest BCUT2D eigenvalue weighted by molar-refractivity contribution is -0.274. The second-order valence-corrected chi connectivity index (χ2v) is 7.75. The summed E-state index contributed by atoms with van der Waals surface area (Å²) < 4.78 is 60.9. The van der Waals surface area contributed by atoms with Gasteiger partial charge in [0.2, 0.25) is 0 Å². The lowest BCUT2D eigenvalue weighted by atomic mass is 9.99. The first-order valence-corrected chi connectivity index (χ1v) is 11.0. The van der Waals surface area contributed by atoms with Gasteiger partial charge in [-0.15, -0.1) is 24.8 Å². The molecule has 1 atom stereocenters. The standard InChI is InChI=1S/C24H19Cl2F4NO3/c1-2-33-21-12-15(14-6-9-16(10-7-14)34-24(28,29)30)8-11-17(21)20(13-25)31-23(32)22-18(26)4-3-5-19(22)27/h3-12,20H,2,13H2,1H3,(H,31,32). The number of halogens is 6. The molecule has 0 aromatic heterocycles. The highest BCUT2D eigenvalue weighted by Gasteiger charge is 2.31. The van der Waals surface area contributed by atoms with E-state index >= 15 is 0 Å². The number of rotatable bonds is 8. The van der Waals surface area contributed by atoms with Gasteiger partial charge in [0.25, 0.3) is 5.91 Å². The van der Waals surface area contributed by atoms with Crippen LogP contribution in [0.5, 0.6) is 11.5 Å². The van der Waals surface area contributed by atoms with Gasteiger partial charge in [0.05, 0.1) is 23.2 Å². The Hall–Kier alpha value is -2.97. The van der Waals surface area contributed by atoms with Gasteiger partial charge in [-0.2, -0.15) is 0 Å². The maximum atomic E-state index is 14.1. The Kier molecular flexibility index (Phi) is 8.28. The Bertz CT molecular complexity index is 1130. The van der Waals surface area contributed by atoms with Crippen molar-refractivity contribution in [1.29, 1.82) is 0 Å². The van der Waals surface area contributed by atoms with Crippen LogP contribution in [0.25, 0.3) is 11.1 Å². The van der Waals surface area contributed by atoms with Gasteiger partial charge in [0, 0.05) is 11.4 Å². The van der Waals surface area contributed by atoms with E-state index in [9.17, 15) is 22.4 Å². The van der Waals surface area contributed by atoms with Crippen molar-refractivity contribution < 1.29 is 31.8 Å². The van der Waals surface area contributed by atoms with Crippen LogP contribution in [0.3, 0.4) is 0 Å². The quantitative estimate of drug-likeness (QED) is 0.256. The molecule has 0 aliphatic carbocycles. The first-order valence-electron chi connectivity index (χ1n) is 10.1. The molecule has 0 bridgehead atoms. The van der Waals surface area contributed by atoms with Gasteiger partial charge < -0.3 is 14.8 Å². The molecule has 0 aliphatic rings. The summed E-state index contributed by atoms with van der Waals surface area (Å²) in [7, 11) is 0. The molecule has 0 fully saturated rings. The maximum absolute atomic E-state index is 14.1. The first kappa shape index (κ1) is 25.6. The second kappa shape index (κ2) is 11.0. The molecule has 10 heteroatoms. The first-order chi connectivity index (χ1) is 16.1. The number of ether oxygens (including phenoxy) is 2. The Morgan fingerprint density at radius 3 is 2.32 bits per heavy atom. The van der Waals surface area contributed by atoms with Crippen LogP contribution in [0.15, 0.2) is 60.7 Å². The molecule has 0 heterocycles. The number of hydrogen-bond acceptors (Lipinski definition) is 3. The lowest BCUT2D eigenvalue weighted by Crippen LogP contribution is -2.31. The van der Waals surface area contributed by atoms with Crippen LogP contribution >= 0.6 is 23.2 Å². The van der Waals surface area contributed by atoms with Gasteiger partial charge in [0.1, 0.15) is 17.3 Å². The number of benzene rings is 3. The number of hydrogen-bond donors (Lipinski definition) is 1. The summed E-state index contributed by atoms with van der Waals surface area (Å²) in [6, 6.07) is 13.6. The molecule has 4 nitrogen and oxygen atoms in total. The van der Waals surface area contributed by atoms with E-state index < -0.39 is 24.1 Å². The number of carbonyl (C=O) groups is 1. The average Bonchev–Trinajstić information content (AvgIpc) is 2.77. The predicted molar refractivity (Wildman–Crippen MR) is 122 cm³/mol. The summed E-state index contributed by atoms with van der Waals surface area (Å²) >= 11 is 12.1. The molecule has 34 heavy (non-hydrogen) atoms. The van der Waals surface area contributed by atoms with E-state index in [1.54, 1.807) is 25.1 Å². The molecular formula is C24H19Cl2F4NO3. The fourth-order valence-corrected chi connectivity index (χ4v) is 3.77. The number of nitrogens with one attached hydrogen (secondary N) is 1.